The van der Waals surface area contributed by atoms with E-state index in [9.17, 15) is 18.7 Å². The first kappa shape index (κ1) is 12.8. The van der Waals surface area contributed by atoms with Crippen LogP contribution in [0.1, 0.15) is 41.3 Å². The molecule has 1 aromatic carbocycles. The standard InChI is InChI=1S/C15H12F2O3/c16-9-4-5-10(12(17)6-9)11-7-20-14(8-2-1-3-8)13(11)15(18)19/h4-8H,1-3H2,(H,18,19). The van der Waals surface area contributed by atoms with Gasteiger partial charge in [-0.05, 0) is 25.0 Å². The van der Waals surface area contributed by atoms with Crippen LogP contribution in [-0.4, -0.2) is 11.1 Å². The van der Waals surface area contributed by atoms with Gasteiger partial charge in [0.2, 0.25) is 0 Å². The van der Waals surface area contributed by atoms with Gasteiger partial charge in [0, 0.05) is 23.1 Å². The number of halogens is 2. The number of furan rings is 1. The van der Waals surface area contributed by atoms with Crippen molar-refractivity contribution in [3.63, 3.8) is 0 Å². The smallest absolute Gasteiger partial charge is 0.339 e. The third-order valence-electron chi connectivity index (χ3n) is 3.73. The van der Waals surface area contributed by atoms with Gasteiger partial charge in [0.25, 0.3) is 0 Å². The highest BCUT2D eigenvalue weighted by atomic mass is 19.1. The lowest BCUT2D eigenvalue weighted by molar-refractivity contribution is 0.0693. The molecule has 0 amide bonds. The van der Waals surface area contributed by atoms with Crippen LogP contribution in [0.4, 0.5) is 8.78 Å². The quantitative estimate of drug-likeness (QED) is 0.915. The van der Waals surface area contributed by atoms with Crippen LogP contribution in [0, 0.1) is 11.6 Å². The third-order valence-corrected chi connectivity index (χ3v) is 3.73. The molecule has 0 saturated heterocycles. The second kappa shape index (κ2) is 4.74. The number of carboxylic acid groups (broad SMARTS) is 1. The Morgan fingerprint density at radius 1 is 1.25 bits per heavy atom. The van der Waals surface area contributed by atoms with E-state index < -0.39 is 17.6 Å². The van der Waals surface area contributed by atoms with Crippen molar-refractivity contribution in [3.05, 3.63) is 47.4 Å². The molecule has 0 aliphatic heterocycles. The van der Waals surface area contributed by atoms with Crippen LogP contribution in [0.2, 0.25) is 0 Å². The molecule has 1 aliphatic carbocycles. The Morgan fingerprint density at radius 2 is 2.00 bits per heavy atom. The van der Waals surface area contributed by atoms with Crippen LogP contribution in [0.5, 0.6) is 0 Å². The molecule has 1 N–H and O–H groups in total. The Balaban J connectivity index is 2.13. The first-order valence-corrected chi connectivity index (χ1v) is 6.38. The summed E-state index contributed by atoms with van der Waals surface area (Å²) in [5.74, 6) is -2.18. The number of benzene rings is 1. The Bertz CT molecular complexity index is 672. The molecule has 3 nitrogen and oxygen atoms in total. The lowest BCUT2D eigenvalue weighted by Gasteiger charge is -2.23. The fraction of sp³-hybridized carbons (Fsp3) is 0.267. The zero-order valence-corrected chi connectivity index (χ0v) is 10.5. The van der Waals surface area contributed by atoms with Gasteiger partial charge in [0.15, 0.2) is 0 Å². The van der Waals surface area contributed by atoms with Crippen LogP contribution in [0.3, 0.4) is 0 Å². The van der Waals surface area contributed by atoms with E-state index in [0.717, 1.165) is 31.4 Å². The number of carbonyl (C=O) groups is 1. The number of carboxylic acids is 1. The molecule has 1 aliphatic rings. The lowest BCUT2D eigenvalue weighted by atomic mass is 9.81. The summed E-state index contributed by atoms with van der Waals surface area (Å²) in [6.45, 7) is 0. The van der Waals surface area contributed by atoms with Crippen LogP contribution in [0.15, 0.2) is 28.9 Å². The highest BCUT2D eigenvalue weighted by Crippen LogP contribution is 2.42. The van der Waals surface area contributed by atoms with Crippen molar-refractivity contribution in [2.24, 2.45) is 0 Å². The molecule has 0 atom stereocenters. The van der Waals surface area contributed by atoms with E-state index in [1.54, 1.807) is 0 Å². The second-order valence-corrected chi connectivity index (χ2v) is 4.95. The maximum absolute atomic E-state index is 13.8. The van der Waals surface area contributed by atoms with Gasteiger partial charge in [-0.2, -0.15) is 0 Å². The molecule has 0 unspecified atom stereocenters. The summed E-state index contributed by atoms with van der Waals surface area (Å²) in [4.78, 5) is 11.4. The molecule has 0 spiro atoms. The van der Waals surface area contributed by atoms with E-state index in [2.05, 4.69) is 0 Å². The van der Waals surface area contributed by atoms with Crippen molar-refractivity contribution in [1.29, 1.82) is 0 Å². The average Bonchev–Trinajstić information content (AvgIpc) is 2.71. The molecule has 20 heavy (non-hydrogen) atoms. The van der Waals surface area contributed by atoms with Gasteiger partial charge in [-0.15, -0.1) is 0 Å². The fourth-order valence-corrected chi connectivity index (χ4v) is 2.47. The zero-order valence-electron chi connectivity index (χ0n) is 10.5. The summed E-state index contributed by atoms with van der Waals surface area (Å²) in [5.41, 5.74) is 0.190. The molecule has 2 aromatic rings. The van der Waals surface area contributed by atoms with E-state index >= 15 is 0 Å². The minimum absolute atomic E-state index is 0.0137. The van der Waals surface area contributed by atoms with Crippen molar-refractivity contribution in [3.8, 4) is 11.1 Å². The number of aromatic carboxylic acids is 1. The van der Waals surface area contributed by atoms with Crippen LogP contribution < -0.4 is 0 Å². The molecular formula is C15H12F2O3. The topological polar surface area (TPSA) is 50.4 Å². The molecule has 1 heterocycles. The summed E-state index contributed by atoms with van der Waals surface area (Å²) in [6.07, 6.45) is 4.02. The average molecular weight is 278 g/mol. The van der Waals surface area contributed by atoms with Gasteiger partial charge in [-0.25, -0.2) is 13.6 Å². The Labute approximate surface area is 113 Å². The van der Waals surface area contributed by atoms with Crippen molar-refractivity contribution in [2.75, 3.05) is 0 Å². The largest absolute Gasteiger partial charge is 0.478 e. The van der Waals surface area contributed by atoms with Gasteiger partial charge in [0.1, 0.15) is 23.0 Å². The second-order valence-electron chi connectivity index (χ2n) is 4.95. The van der Waals surface area contributed by atoms with Gasteiger partial charge < -0.3 is 9.52 Å². The lowest BCUT2D eigenvalue weighted by Crippen LogP contribution is -2.12. The van der Waals surface area contributed by atoms with Crippen molar-refractivity contribution in [2.45, 2.75) is 25.2 Å². The predicted octanol–water partition coefficient (Wildman–Crippen LogP) is 4.19. The molecule has 1 saturated carbocycles. The fourth-order valence-electron chi connectivity index (χ4n) is 2.47. The number of rotatable bonds is 3. The Kier molecular flexibility index (Phi) is 3.04. The van der Waals surface area contributed by atoms with Crippen molar-refractivity contribution >= 4 is 5.97 Å². The maximum Gasteiger partial charge on any atom is 0.339 e. The van der Waals surface area contributed by atoms with Crippen LogP contribution in [-0.2, 0) is 0 Å². The van der Waals surface area contributed by atoms with Gasteiger partial charge in [-0.3, -0.25) is 0 Å². The normalized spacial score (nSPS) is 15.1. The van der Waals surface area contributed by atoms with Crippen molar-refractivity contribution in [1.82, 2.24) is 0 Å². The summed E-state index contributed by atoms with van der Waals surface area (Å²) in [7, 11) is 0. The summed E-state index contributed by atoms with van der Waals surface area (Å²) in [6, 6.07) is 3.06. The van der Waals surface area contributed by atoms with E-state index in [1.165, 1.54) is 12.3 Å². The molecule has 0 radical (unpaired) electrons. The van der Waals surface area contributed by atoms with E-state index in [1.807, 2.05) is 0 Å². The predicted molar refractivity (Wildman–Crippen MR) is 67.6 cm³/mol. The SMILES string of the molecule is O=C(O)c1c(-c2ccc(F)cc2F)coc1C1CCC1. The van der Waals surface area contributed by atoms with Crippen molar-refractivity contribution < 1.29 is 23.1 Å². The zero-order chi connectivity index (χ0) is 14.3. The van der Waals surface area contributed by atoms with Crippen LogP contribution in [0.25, 0.3) is 11.1 Å². The van der Waals surface area contributed by atoms with Crippen LogP contribution >= 0.6 is 0 Å². The summed E-state index contributed by atoms with van der Waals surface area (Å²) in [5, 5.41) is 9.35. The molecule has 1 fully saturated rings. The highest BCUT2D eigenvalue weighted by Gasteiger charge is 2.31. The molecule has 104 valence electrons. The first-order chi connectivity index (χ1) is 9.58. The Hall–Kier alpha value is -2.17. The van der Waals surface area contributed by atoms with Gasteiger partial charge in [0.05, 0.1) is 6.26 Å². The number of hydrogen-bond donors (Lipinski definition) is 1. The Morgan fingerprint density at radius 3 is 2.55 bits per heavy atom. The van der Waals surface area contributed by atoms with Gasteiger partial charge >= 0.3 is 5.97 Å². The number of hydrogen-bond acceptors (Lipinski definition) is 2. The third kappa shape index (κ3) is 1.99. The monoisotopic (exact) mass is 278 g/mol. The summed E-state index contributed by atoms with van der Waals surface area (Å²) < 4.78 is 32.1. The first-order valence-electron chi connectivity index (χ1n) is 6.38. The van der Waals surface area contributed by atoms with E-state index in [4.69, 9.17) is 4.42 Å². The molecular weight excluding hydrogens is 266 g/mol. The molecule has 3 rings (SSSR count). The summed E-state index contributed by atoms with van der Waals surface area (Å²) >= 11 is 0. The minimum atomic E-state index is -1.15. The molecule has 5 heteroatoms. The van der Waals surface area contributed by atoms with E-state index in [-0.39, 0.29) is 22.6 Å². The molecule has 0 bridgehead atoms. The molecule has 1 aromatic heterocycles. The highest BCUT2D eigenvalue weighted by molar-refractivity contribution is 5.97. The maximum atomic E-state index is 13.8. The van der Waals surface area contributed by atoms with Gasteiger partial charge in [-0.1, -0.05) is 6.42 Å². The minimum Gasteiger partial charge on any atom is -0.478 e. The van der Waals surface area contributed by atoms with E-state index in [0.29, 0.717) is 5.76 Å².